The summed E-state index contributed by atoms with van der Waals surface area (Å²) in [6.45, 7) is 2.34. The number of amidine groups is 1. The van der Waals surface area contributed by atoms with E-state index in [-0.39, 0.29) is 18.3 Å². The Morgan fingerprint density at radius 1 is 1.62 bits per heavy atom. The number of aromatic nitrogens is 2. The standard InChI is InChI=1S/C9H13N5O2/c1-2-14(6-8(10)13-16)9(15)7-3-4-11-12-5-7/h3-5,16H,2,6H2,1H3,(H2,10,13). The molecule has 1 amide bonds. The van der Waals surface area contributed by atoms with Crippen LogP contribution in [0.3, 0.4) is 0 Å². The highest BCUT2D eigenvalue weighted by Crippen LogP contribution is 2.01. The first-order chi connectivity index (χ1) is 7.69. The van der Waals surface area contributed by atoms with Gasteiger partial charge in [0.25, 0.3) is 5.91 Å². The van der Waals surface area contributed by atoms with Crippen LogP contribution >= 0.6 is 0 Å². The monoisotopic (exact) mass is 223 g/mol. The number of nitrogens with two attached hydrogens (primary N) is 1. The van der Waals surface area contributed by atoms with Gasteiger partial charge in [-0.15, -0.1) is 0 Å². The van der Waals surface area contributed by atoms with Crippen LogP contribution in [0.2, 0.25) is 0 Å². The number of amides is 1. The maximum atomic E-state index is 11.9. The maximum Gasteiger partial charge on any atom is 0.255 e. The van der Waals surface area contributed by atoms with Gasteiger partial charge in [0.15, 0.2) is 5.84 Å². The maximum absolute atomic E-state index is 11.9. The predicted octanol–water partition coefficient (Wildman–Crippen LogP) is -0.315. The zero-order valence-corrected chi connectivity index (χ0v) is 8.87. The Bertz CT molecular complexity index is 379. The van der Waals surface area contributed by atoms with Crippen LogP contribution in [0.4, 0.5) is 0 Å². The third-order valence-electron chi connectivity index (χ3n) is 1.98. The molecule has 0 saturated heterocycles. The molecule has 16 heavy (non-hydrogen) atoms. The Hall–Kier alpha value is -2.18. The van der Waals surface area contributed by atoms with E-state index in [1.54, 1.807) is 13.0 Å². The van der Waals surface area contributed by atoms with Crippen molar-refractivity contribution in [3.8, 4) is 0 Å². The lowest BCUT2D eigenvalue weighted by atomic mass is 10.2. The number of oxime groups is 1. The molecular weight excluding hydrogens is 210 g/mol. The summed E-state index contributed by atoms with van der Waals surface area (Å²) in [6, 6.07) is 1.56. The molecule has 0 unspecified atom stereocenters. The summed E-state index contributed by atoms with van der Waals surface area (Å²) >= 11 is 0. The van der Waals surface area contributed by atoms with E-state index in [0.717, 1.165) is 0 Å². The average Bonchev–Trinajstić information content (AvgIpc) is 2.35. The second-order valence-corrected chi connectivity index (χ2v) is 3.04. The Labute approximate surface area is 92.6 Å². The molecule has 0 radical (unpaired) electrons. The van der Waals surface area contributed by atoms with Crippen LogP contribution in [-0.2, 0) is 0 Å². The molecule has 0 aliphatic heterocycles. The lowest BCUT2D eigenvalue weighted by molar-refractivity contribution is 0.0785. The first-order valence-corrected chi connectivity index (χ1v) is 4.71. The van der Waals surface area contributed by atoms with Gasteiger partial charge in [0, 0.05) is 6.54 Å². The molecule has 0 saturated carbocycles. The number of carbonyl (C=O) groups is 1. The van der Waals surface area contributed by atoms with E-state index in [1.165, 1.54) is 17.3 Å². The molecule has 7 nitrogen and oxygen atoms in total. The Morgan fingerprint density at radius 3 is 2.88 bits per heavy atom. The van der Waals surface area contributed by atoms with Gasteiger partial charge in [0.1, 0.15) is 0 Å². The van der Waals surface area contributed by atoms with E-state index in [9.17, 15) is 4.79 Å². The number of carbonyl (C=O) groups excluding carboxylic acids is 1. The minimum atomic E-state index is -0.232. The molecule has 7 heteroatoms. The average molecular weight is 223 g/mol. The smallest absolute Gasteiger partial charge is 0.255 e. The van der Waals surface area contributed by atoms with Crippen LogP contribution in [0.1, 0.15) is 17.3 Å². The highest BCUT2D eigenvalue weighted by molar-refractivity contribution is 5.96. The van der Waals surface area contributed by atoms with Crippen LogP contribution in [0.5, 0.6) is 0 Å². The molecule has 1 heterocycles. The van der Waals surface area contributed by atoms with Crippen molar-refractivity contribution in [1.82, 2.24) is 15.1 Å². The largest absolute Gasteiger partial charge is 0.409 e. The van der Waals surface area contributed by atoms with E-state index in [4.69, 9.17) is 10.9 Å². The number of hydrogen-bond acceptors (Lipinski definition) is 5. The lowest BCUT2D eigenvalue weighted by Gasteiger charge is -2.19. The predicted molar refractivity (Wildman–Crippen MR) is 57.0 cm³/mol. The second kappa shape index (κ2) is 5.64. The topological polar surface area (TPSA) is 105 Å². The minimum Gasteiger partial charge on any atom is -0.409 e. The zero-order valence-electron chi connectivity index (χ0n) is 8.87. The highest BCUT2D eigenvalue weighted by atomic mass is 16.4. The third kappa shape index (κ3) is 2.91. The first kappa shape index (κ1) is 11.9. The van der Waals surface area contributed by atoms with Gasteiger partial charge >= 0.3 is 0 Å². The van der Waals surface area contributed by atoms with Crippen LogP contribution in [0.25, 0.3) is 0 Å². The Balaban J connectivity index is 2.78. The molecule has 0 aromatic carbocycles. The van der Waals surface area contributed by atoms with Crippen molar-refractivity contribution >= 4 is 11.7 Å². The van der Waals surface area contributed by atoms with Crippen LogP contribution < -0.4 is 5.73 Å². The van der Waals surface area contributed by atoms with Crippen LogP contribution in [0, 0.1) is 0 Å². The Morgan fingerprint density at radius 2 is 2.38 bits per heavy atom. The molecule has 0 aliphatic carbocycles. The first-order valence-electron chi connectivity index (χ1n) is 4.71. The normalized spacial score (nSPS) is 11.2. The van der Waals surface area contributed by atoms with E-state index in [2.05, 4.69) is 15.4 Å². The summed E-state index contributed by atoms with van der Waals surface area (Å²) in [7, 11) is 0. The fourth-order valence-corrected chi connectivity index (χ4v) is 1.15. The summed E-state index contributed by atoms with van der Waals surface area (Å²) in [6.07, 6.45) is 2.81. The molecule has 0 aliphatic rings. The fourth-order valence-electron chi connectivity index (χ4n) is 1.15. The summed E-state index contributed by atoms with van der Waals surface area (Å²) < 4.78 is 0. The summed E-state index contributed by atoms with van der Waals surface area (Å²) in [5, 5.41) is 18.5. The van der Waals surface area contributed by atoms with Crippen molar-refractivity contribution in [2.45, 2.75) is 6.92 Å². The summed E-state index contributed by atoms with van der Waals surface area (Å²) in [4.78, 5) is 13.3. The second-order valence-electron chi connectivity index (χ2n) is 3.04. The van der Waals surface area contributed by atoms with Gasteiger partial charge in [-0.2, -0.15) is 10.2 Å². The molecule has 1 aromatic rings. The van der Waals surface area contributed by atoms with Gasteiger partial charge in [-0.25, -0.2) is 0 Å². The van der Waals surface area contributed by atoms with Gasteiger partial charge in [-0.1, -0.05) is 5.16 Å². The van der Waals surface area contributed by atoms with Gasteiger partial charge in [-0.3, -0.25) is 4.79 Å². The quantitative estimate of drug-likeness (QED) is 0.315. The number of rotatable bonds is 4. The van der Waals surface area contributed by atoms with Gasteiger partial charge < -0.3 is 15.8 Å². The lowest BCUT2D eigenvalue weighted by Crippen LogP contribution is -2.38. The van der Waals surface area contributed by atoms with Crippen molar-refractivity contribution in [2.75, 3.05) is 13.1 Å². The highest BCUT2D eigenvalue weighted by Gasteiger charge is 2.15. The van der Waals surface area contributed by atoms with Crippen molar-refractivity contribution in [2.24, 2.45) is 10.9 Å². The van der Waals surface area contributed by atoms with E-state index < -0.39 is 0 Å². The van der Waals surface area contributed by atoms with E-state index >= 15 is 0 Å². The Kier molecular flexibility index (Phi) is 4.19. The van der Waals surface area contributed by atoms with Crippen LogP contribution in [0.15, 0.2) is 23.6 Å². The molecule has 0 spiro atoms. The molecule has 0 bridgehead atoms. The number of nitrogens with zero attached hydrogens (tertiary/aromatic N) is 4. The molecule has 3 N–H and O–H groups in total. The van der Waals surface area contributed by atoms with E-state index in [0.29, 0.717) is 12.1 Å². The SMILES string of the molecule is CCN(C/C(N)=N/O)C(=O)c1ccnnc1. The number of hydrogen-bond donors (Lipinski definition) is 2. The molecular formula is C9H13N5O2. The van der Waals surface area contributed by atoms with Gasteiger partial charge in [0.2, 0.25) is 0 Å². The number of likely N-dealkylation sites (N-methyl/N-ethyl adjacent to an activating group) is 1. The van der Waals surface area contributed by atoms with Gasteiger partial charge in [0.05, 0.1) is 24.5 Å². The van der Waals surface area contributed by atoms with Crippen molar-refractivity contribution in [1.29, 1.82) is 0 Å². The third-order valence-corrected chi connectivity index (χ3v) is 1.98. The molecule has 0 fully saturated rings. The molecule has 1 rings (SSSR count). The molecule has 0 atom stereocenters. The van der Waals surface area contributed by atoms with Crippen molar-refractivity contribution < 1.29 is 10.0 Å². The fraction of sp³-hybridized carbons (Fsp3) is 0.333. The molecule has 86 valence electrons. The van der Waals surface area contributed by atoms with Crippen molar-refractivity contribution in [3.63, 3.8) is 0 Å². The summed E-state index contributed by atoms with van der Waals surface area (Å²) in [5.74, 6) is -0.249. The van der Waals surface area contributed by atoms with Crippen LogP contribution in [-0.4, -0.2) is 45.1 Å². The molecule has 1 aromatic heterocycles. The summed E-state index contributed by atoms with van der Waals surface area (Å²) in [5.41, 5.74) is 5.76. The van der Waals surface area contributed by atoms with Gasteiger partial charge in [-0.05, 0) is 13.0 Å². The van der Waals surface area contributed by atoms with E-state index in [1.807, 2.05) is 0 Å². The van der Waals surface area contributed by atoms with Crippen molar-refractivity contribution in [3.05, 3.63) is 24.0 Å². The zero-order chi connectivity index (χ0) is 12.0. The minimum absolute atomic E-state index is 0.0165.